The van der Waals surface area contributed by atoms with Crippen LogP contribution in [-0.4, -0.2) is 39.7 Å². The molecule has 2 spiro atoms. The summed E-state index contributed by atoms with van der Waals surface area (Å²) in [5.74, 6) is 1.67. The molecule has 2 N–H and O–H groups in total. The predicted octanol–water partition coefficient (Wildman–Crippen LogP) is 3.01. The summed E-state index contributed by atoms with van der Waals surface area (Å²) < 4.78 is 12.1. The lowest BCUT2D eigenvalue weighted by atomic mass is 9.56. The number of amidine groups is 1. The van der Waals surface area contributed by atoms with Crippen molar-refractivity contribution in [2.75, 3.05) is 19.0 Å². The zero-order valence-corrected chi connectivity index (χ0v) is 16.8. The molecule has 6 nitrogen and oxygen atoms in total. The zero-order chi connectivity index (χ0) is 18.0. The Kier molecular flexibility index (Phi) is 4.18. The van der Waals surface area contributed by atoms with Crippen LogP contribution in [0.3, 0.4) is 0 Å². The van der Waals surface area contributed by atoms with E-state index in [2.05, 4.69) is 29.9 Å². The molecule has 0 radical (unpaired) electrons. The Morgan fingerprint density at radius 3 is 2.44 bits per heavy atom. The monoisotopic (exact) mass is 404 g/mol. The average Bonchev–Trinajstić information content (AvgIpc) is 2.96. The molecule has 1 aromatic carbocycles. The second-order valence-electron chi connectivity index (χ2n) is 7.62. The topological polar surface area (TPSA) is 82.6 Å². The maximum Gasteiger partial charge on any atom is 0.154 e. The Balaban J connectivity index is 0.00000180. The van der Waals surface area contributed by atoms with Gasteiger partial charge in [-0.1, -0.05) is 17.8 Å². The van der Waals surface area contributed by atoms with Crippen LogP contribution < -0.4 is 10.5 Å². The number of nitrogens with zero attached hydrogens (tertiary/aromatic N) is 3. The molecule has 1 atom stereocenters. The molecular formula is C19H21ClN4O2S. The van der Waals surface area contributed by atoms with Gasteiger partial charge in [-0.05, 0) is 31.5 Å². The molecule has 0 amide bonds. The summed E-state index contributed by atoms with van der Waals surface area (Å²) in [6.07, 6.45) is 5.17. The number of fused-ring (bicyclic) bond motifs is 3. The van der Waals surface area contributed by atoms with Gasteiger partial charge in [0.2, 0.25) is 0 Å². The summed E-state index contributed by atoms with van der Waals surface area (Å²) in [6, 6.07) is 6.24. The average molecular weight is 405 g/mol. The van der Waals surface area contributed by atoms with Crippen LogP contribution in [0.2, 0.25) is 0 Å². The van der Waals surface area contributed by atoms with Crippen molar-refractivity contribution in [3.63, 3.8) is 0 Å². The van der Waals surface area contributed by atoms with E-state index in [1.54, 1.807) is 11.8 Å². The van der Waals surface area contributed by atoms with Crippen molar-refractivity contribution in [2.45, 2.75) is 25.0 Å². The van der Waals surface area contributed by atoms with Crippen LogP contribution in [0.5, 0.6) is 5.75 Å². The normalized spacial score (nSPS) is 26.5. The summed E-state index contributed by atoms with van der Waals surface area (Å²) in [6.45, 7) is 5.51. The summed E-state index contributed by atoms with van der Waals surface area (Å²) in [4.78, 5) is 13.3. The third-order valence-electron chi connectivity index (χ3n) is 6.06. The number of thioether (sulfide) groups is 1. The second kappa shape index (κ2) is 6.09. The predicted molar refractivity (Wildman–Crippen MR) is 108 cm³/mol. The molecule has 5 rings (SSSR count). The highest BCUT2D eigenvalue weighted by atomic mass is 35.5. The molecule has 1 unspecified atom stereocenters. The highest BCUT2D eigenvalue weighted by Gasteiger charge is 2.70. The maximum atomic E-state index is 6.46. The molecule has 0 aliphatic carbocycles. The van der Waals surface area contributed by atoms with Crippen molar-refractivity contribution in [2.24, 2.45) is 16.1 Å². The highest BCUT2D eigenvalue weighted by molar-refractivity contribution is 8.14. The Morgan fingerprint density at radius 2 is 1.85 bits per heavy atom. The first-order valence-corrected chi connectivity index (χ1v) is 9.61. The number of aliphatic imine (C=N–C) groups is 1. The van der Waals surface area contributed by atoms with Crippen molar-refractivity contribution >= 4 is 29.3 Å². The van der Waals surface area contributed by atoms with E-state index in [1.165, 1.54) is 6.33 Å². The molecule has 3 aliphatic heterocycles. The SMILES string of the molecule is CC1(C)Oc2ccc(-c3cncnc3)cc2C2(CSC(N)=N2)C12COC2.Cl. The highest BCUT2D eigenvalue weighted by Crippen LogP contribution is 2.63. The smallest absolute Gasteiger partial charge is 0.154 e. The Bertz CT molecular complexity index is 917. The number of hydrogen-bond acceptors (Lipinski definition) is 7. The van der Waals surface area contributed by atoms with Crippen LogP contribution in [0.25, 0.3) is 11.1 Å². The van der Waals surface area contributed by atoms with Gasteiger partial charge in [0, 0.05) is 29.3 Å². The maximum absolute atomic E-state index is 6.46. The zero-order valence-electron chi connectivity index (χ0n) is 15.1. The molecular weight excluding hydrogens is 384 g/mol. The van der Waals surface area contributed by atoms with Gasteiger partial charge in [0.05, 0.1) is 18.6 Å². The molecule has 0 saturated carbocycles. The number of nitrogens with two attached hydrogens (primary N) is 1. The van der Waals surface area contributed by atoms with Gasteiger partial charge < -0.3 is 15.2 Å². The molecule has 1 aromatic heterocycles. The summed E-state index contributed by atoms with van der Waals surface area (Å²) in [5.41, 5.74) is 8.17. The molecule has 4 heterocycles. The van der Waals surface area contributed by atoms with Gasteiger partial charge in [-0.15, -0.1) is 12.4 Å². The van der Waals surface area contributed by atoms with E-state index < -0.39 is 11.1 Å². The van der Waals surface area contributed by atoms with Crippen molar-refractivity contribution < 1.29 is 9.47 Å². The third kappa shape index (κ3) is 2.35. The lowest BCUT2D eigenvalue weighted by Crippen LogP contribution is -2.71. The first-order chi connectivity index (χ1) is 12.5. The van der Waals surface area contributed by atoms with E-state index in [0.717, 1.165) is 28.2 Å². The lowest BCUT2D eigenvalue weighted by Gasteiger charge is -2.62. The van der Waals surface area contributed by atoms with Gasteiger partial charge >= 0.3 is 0 Å². The Morgan fingerprint density at radius 1 is 1.11 bits per heavy atom. The Hall–Kier alpha value is -1.83. The number of hydrogen-bond donors (Lipinski definition) is 1. The fourth-order valence-corrected chi connectivity index (χ4v) is 5.48. The van der Waals surface area contributed by atoms with E-state index in [4.69, 9.17) is 20.2 Å². The molecule has 8 heteroatoms. The fourth-order valence-electron chi connectivity index (χ4n) is 4.41. The minimum Gasteiger partial charge on any atom is -0.487 e. The Labute approximate surface area is 168 Å². The van der Waals surface area contributed by atoms with Gasteiger partial charge in [0.15, 0.2) is 5.17 Å². The molecule has 0 bridgehead atoms. The molecule has 1 saturated heterocycles. The summed E-state index contributed by atoms with van der Waals surface area (Å²) in [7, 11) is 0. The number of rotatable bonds is 1. The number of halogens is 1. The molecule has 142 valence electrons. The summed E-state index contributed by atoms with van der Waals surface area (Å²) >= 11 is 1.61. The van der Waals surface area contributed by atoms with Crippen LogP contribution in [0.1, 0.15) is 19.4 Å². The van der Waals surface area contributed by atoms with Gasteiger partial charge in [-0.25, -0.2) is 15.0 Å². The van der Waals surface area contributed by atoms with Gasteiger partial charge in [0.25, 0.3) is 0 Å². The number of benzene rings is 1. The quantitative estimate of drug-likeness (QED) is 0.786. The minimum absolute atomic E-state index is 0. The van der Waals surface area contributed by atoms with E-state index in [9.17, 15) is 0 Å². The first-order valence-electron chi connectivity index (χ1n) is 8.62. The fraction of sp³-hybridized carbons (Fsp3) is 0.421. The van der Waals surface area contributed by atoms with Crippen LogP contribution in [0.4, 0.5) is 0 Å². The van der Waals surface area contributed by atoms with Crippen molar-refractivity contribution in [1.82, 2.24) is 9.97 Å². The van der Waals surface area contributed by atoms with Crippen molar-refractivity contribution in [1.29, 1.82) is 0 Å². The standard InChI is InChI=1S/C19H20N4O2S.ClH/c1-17(2)18(8-24-9-18)19(10-26-16(20)23-19)14-5-12(3-4-15(14)25-17)13-6-21-11-22-7-13;/h3-7,11H,8-10H2,1-2H3,(H2,20,23);1H. The van der Waals surface area contributed by atoms with Crippen molar-refractivity contribution in [3.8, 4) is 16.9 Å². The van der Waals surface area contributed by atoms with Gasteiger partial charge in [-0.2, -0.15) is 0 Å². The lowest BCUT2D eigenvalue weighted by molar-refractivity contribution is -0.240. The third-order valence-corrected chi connectivity index (χ3v) is 7.00. The van der Waals surface area contributed by atoms with Gasteiger partial charge in [-0.3, -0.25) is 0 Å². The van der Waals surface area contributed by atoms with Crippen molar-refractivity contribution in [3.05, 3.63) is 42.5 Å². The molecule has 2 aromatic rings. The largest absolute Gasteiger partial charge is 0.487 e. The number of aromatic nitrogens is 2. The molecule has 27 heavy (non-hydrogen) atoms. The molecule has 1 fully saturated rings. The van der Waals surface area contributed by atoms with Crippen LogP contribution in [-0.2, 0) is 10.3 Å². The second-order valence-corrected chi connectivity index (χ2v) is 8.62. The number of ether oxygens (including phenoxy) is 2. The van der Waals surface area contributed by atoms with Crippen LogP contribution >= 0.6 is 24.2 Å². The van der Waals surface area contributed by atoms with Gasteiger partial charge in [0.1, 0.15) is 23.2 Å². The molecule has 3 aliphatic rings. The van der Waals surface area contributed by atoms with E-state index in [-0.39, 0.29) is 17.8 Å². The van der Waals surface area contributed by atoms with E-state index in [0.29, 0.717) is 18.4 Å². The van der Waals surface area contributed by atoms with Crippen LogP contribution in [0.15, 0.2) is 41.9 Å². The van der Waals surface area contributed by atoms with E-state index in [1.807, 2.05) is 24.5 Å². The minimum atomic E-state index is -0.442. The van der Waals surface area contributed by atoms with Crippen LogP contribution in [0, 0.1) is 5.41 Å². The summed E-state index contributed by atoms with van der Waals surface area (Å²) in [5, 5.41) is 0.633. The van der Waals surface area contributed by atoms with E-state index >= 15 is 0 Å². The first kappa shape index (κ1) is 18.5.